The van der Waals surface area contributed by atoms with Crippen molar-refractivity contribution in [1.29, 1.82) is 0 Å². The van der Waals surface area contributed by atoms with Gasteiger partial charge in [-0.1, -0.05) is 6.92 Å². The third-order valence-electron chi connectivity index (χ3n) is 3.62. The van der Waals surface area contributed by atoms with Crippen molar-refractivity contribution >= 4 is 0 Å². The van der Waals surface area contributed by atoms with Gasteiger partial charge in [-0.05, 0) is 19.3 Å². The van der Waals surface area contributed by atoms with Gasteiger partial charge in [-0.2, -0.15) is 0 Å². The lowest BCUT2D eigenvalue weighted by Crippen LogP contribution is -2.14. The number of hydrogen-bond acceptors (Lipinski definition) is 2. The van der Waals surface area contributed by atoms with Crippen LogP contribution in [0.15, 0.2) is 6.20 Å². The Morgan fingerprint density at radius 3 is 2.83 bits per heavy atom. The molecule has 1 aliphatic carbocycles. The summed E-state index contributed by atoms with van der Waals surface area (Å²) in [5.41, 5.74) is 6.65. The number of alkyl halides is 2. The fourth-order valence-corrected chi connectivity index (χ4v) is 2.61. The Bertz CT molecular complexity index is 412. The van der Waals surface area contributed by atoms with Gasteiger partial charge in [0.2, 0.25) is 5.92 Å². The monoisotopic (exact) mass is 257 g/mol. The van der Waals surface area contributed by atoms with E-state index in [1.807, 2.05) is 24.6 Å². The van der Waals surface area contributed by atoms with Crippen LogP contribution in [-0.4, -0.2) is 15.5 Å². The maximum atomic E-state index is 13.2. The summed E-state index contributed by atoms with van der Waals surface area (Å²) in [7, 11) is 0. The highest BCUT2D eigenvalue weighted by molar-refractivity contribution is 5.08. The van der Waals surface area contributed by atoms with Gasteiger partial charge in [0, 0.05) is 38.0 Å². The van der Waals surface area contributed by atoms with E-state index in [9.17, 15) is 8.78 Å². The normalized spacial score (nSPS) is 24.4. The molecule has 2 rings (SSSR count). The van der Waals surface area contributed by atoms with E-state index < -0.39 is 5.92 Å². The third kappa shape index (κ3) is 2.88. The van der Waals surface area contributed by atoms with Crippen molar-refractivity contribution in [2.45, 2.75) is 58.0 Å². The Morgan fingerprint density at radius 2 is 2.33 bits per heavy atom. The molecule has 1 saturated carbocycles. The van der Waals surface area contributed by atoms with Gasteiger partial charge in [0.25, 0.3) is 0 Å². The Balaban J connectivity index is 2.09. The summed E-state index contributed by atoms with van der Waals surface area (Å²) in [6.07, 6.45) is 3.34. The number of nitrogens with zero attached hydrogens (tertiary/aromatic N) is 2. The standard InChI is InChI=1S/C13H21F2N3/c1-3-12-17-11(9(2)16)8-18(12)7-10-4-5-13(14,15)6-10/h8-10H,3-7,16H2,1-2H3/t9-,10?/m0/s1. The molecule has 5 heteroatoms. The predicted molar refractivity (Wildman–Crippen MR) is 66.5 cm³/mol. The molecule has 0 radical (unpaired) electrons. The van der Waals surface area contributed by atoms with Gasteiger partial charge in [-0.3, -0.25) is 0 Å². The third-order valence-corrected chi connectivity index (χ3v) is 3.62. The molecule has 3 nitrogen and oxygen atoms in total. The Kier molecular flexibility index (Phi) is 3.71. The summed E-state index contributed by atoms with van der Waals surface area (Å²) in [6, 6.07) is -0.110. The first kappa shape index (κ1) is 13.5. The fraction of sp³-hybridized carbons (Fsp3) is 0.769. The van der Waals surface area contributed by atoms with Gasteiger partial charge in [0.05, 0.1) is 5.69 Å². The quantitative estimate of drug-likeness (QED) is 0.901. The molecule has 0 amide bonds. The molecule has 2 N–H and O–H groups in total. The van der Waals surface area contributed by atoms with Crippen LogP contribution in [-0.2, 0) is 13.0 Å². The van der Waals surface area contributed by atoms with Gasteiger partial charge in [-0.25, -0.2) is 13.8 Å². The molecule has 0 spiro atoms. The Labute approximate surface area is 106 Å². The second-order valence-electron chi connectivity index (χ2n) is 5.34. The molecule has 1 aromatic heterocycles. The Morgan fingerprint density at radius 1 is 1.61 bits per heavy atom. The zero-order valence-corrected chi connectivity index (χ0v) is 11.0. The van der Waals surface area contributed by atoms with Crippen LogP contribution in [0.4, 0.5) is 8.78 Å². The number of imidazole rings is 1. The van der Waals surface area contributed by atoms with E-state index in [0.717, 1.165) is 17.9 Å². The molecule has 1 heterocycles. The minimum absolute atomic E-state index is 0.00183. The molecule has 0 aromatic carbocycles. The van der Waals surface area contributed by atoms with Crippen LogP contribution in [0.2, 0.25) is 0 Å². The average Bonchev–Trinajstić information content (AvgIpc) is 2.82. The summed E-state index contributed by atoms with van der Waals surface area (Å²) in [5.74, 6) is -1.47. The van der Waals surface area contributed by atoms with Crippen molar-refractivity contribution in [1.82, 2.24) is 9.55 Å². The second kappa shape index (κ2) is 4.96. The number of rotatable bonds is 4. The van der Waals surface area contributed by atoms with E-state index in [1.165, 1.54) is 0 Å². The number of nitrogens with two attached hydrogens (primary N) is 1. The molecule has 2 atom stereocenters. The molecule has 0 bridgehead atoms. The molecule has 1 unspecified atom stereocenters. The molecule has 18 heavy (non-hydrogen) atoms. The zero-order chi connectivity index (χ0) is 13.3. The van der Waals surface area contributed by atoms with Crippen LogP contribution >= 0.6 is 0 Å². The minimum Gasteiger partial charge on any atom is -0.334 e. The molecular formula is C13H21F2N3. The van der Waals surface area contributed by atoms with E-state index in [0.29, 0.717) is 13.0 Å². The summed E-state index contributed by atoms with van der Waals surface area (Å²) < 4.78 is 28.3. The second-order valence-corrected chi connectivity index (χ2v) is 5.34. The van der Waals surface area contributed by atoms with Crippen LogP contribution in [0, 0.1) is 5.92 Å². The van der Waals surface area contributed by atoms with Gasteiger partial charge in [0.1, 0.15) is 5.82 Å². The van der Waals surface area contributed by atoms with Crippen molar-refractivity contribution in [3.63, 3.8) is 0 Å². The van der Waals surface area contributed by atoms with E-state index in [4.69, 9.17) is 5.73 Å². The molecule has 0 aliphatic heterocycles. The van der Waals surface area contributed by atoms with Crippen molar-refractivity contribution in [3.8, 4) is 0 Å². The molecule has 1 aromatic rings. The number of aryl methyl sites for hydroxylation is 1. The number of aromatic nitrogens is 2. The Hall–Kier alpha value is -0.970. The van der Waals surface area contributed by atoms with Crippen LogP contribution in [0.25, 0.3) is 0 Å². The van der Waals surface area contributed by atoms with E-state index in [2.05, 4.69) is 4.98 Å². The van der Waals surface area contributed by atoms with Crippen LogP contribution in [0.5, 0.6) is 0 Å². The lowest BCUT2D eigenvalue weighted by atomic mass is 10.1. The van der Waals surface area contributed by atoms with Gasteiger partial charge >= 0.3 is 0 Å². The first-order valence-electron chi connectivity index (χ1n) is 6.60. The number of hydrogen-bond donors (Lipinski definition) is 1. The summed E-state index contributed by atoms with van der Waals surface area (Å²) >= 11 is 0. The van der Waals surface area contributed by atoms with E-state index in [1.54, 1.807) is 0 Å². The lowest BCUT2D eigenvalue weighted by molar-refractivity contribution is 0.00433. The van der Waals surface area contributed by atoms with Crippen molar-refractivity contribution in [2.24, 2.45) is 11.7 Å². The van der Waals surface area contributed by atoms with E-state index in [-0.39, 0.29) is 24.8 Å². The maximum absolute atomic E-state index is 13.2. The topological polar surface area (TPSA) is 43.8 Å². The highest BCUT2D eigenvalue weighted by Gasteiger charge is 2.39. The van der Waals surface area contributed by atoms with Crippen LogP contribution in [0.1, 0.15) is 50.7 Å². The first-order valence-corrected chi connectivity index (χ1v) is 6.60. The van der Waals surface area contributed by atoms with Crippen LogP contribution < -0.4 is 5.73 Å². The molecule has 102 valence electrons. The summed E-state index contributed by atoms with van der Waals surface area (Å²) in [5, 5.41) is 0. The minimum atomic E-state index is -2.47. The van der Waals surface area contributed by atoms with Gasteiger partial charge in [-0.15, -0.1) is 0 Å². The molecule has 0 saturated heterocycles. The highest BCUT2D eigenvalue weighted by Crippen LogP contribution is 2.39. The smallest absolute Gasteiger partial charge is 0.248 e. The van der Waals surface area contributed by atoms with E-state index >= 15 is 0 Å². The van der Waals surface area contributed by atoms with Crippen molar-refractivity contribution < 1.29 is 8.78 Å². The predicted octanol–water partition coefficient (Wildman–Crippen LogP) is 2.90. The highest BCUT2D eigenvalue weighted by atomic mass is 19.3. The molecule has 1 fully saturated rings. The van der Waals surface area contributed by atoms with Crippen molar-refractivity contribution in [3.05, 3.63) is 17.7 Å². The summed E-state index contributed by atoms with van der Waals surface area (Å²) in [4.78, 5) is 4.46. The van der Waals surface area contributed by atoms with Crippen molar-refractivity contribution in [2.75, 3.05) is 0 Å². The summed E-state index contributed by atoms with van der Waals surface area (Å²) in [6.45, 7) is 4.54. The maximum Gasteiger partial charge on any atom is 0.248 e. The number of halogens is 2. The zero-order valence-electron chi connectivity index (χ0n) is 11.0. The largest absolute Gasteiger partial charge is 0.334 e. The average molecular weight is 257 g/mol. The lowest BCUT2D eigenvalue weighted by Gasteiger charge is -2.13. The SMILES string of the molecule is CCc1nc([C@H](C)N)cn1CC1CCC(F)(F)C1. The van der Waals surface area contributed by atoms with Gasteiger partial charge in [0.15, 0.2) is 0 Å². The van der Waals surface area contributed by atoms with Crippen LogP contribution in [0.3, 0.4) is 0 Å². The molecule has 1 aliphatic rings. The fourth-order valence-electron chi connectivity index (χ4n) is 2.61. The first-order chi connectivity index (χ1) is 8.41. The van der Waals surface area contributed by atoms with Gasteiger partial charge < -0.3 is 10.3 Å². The molecular weight excluding hydrogens is 236 g/mol.